The molecule has 3 rings (SSSR count). The Morgan fingerprint density at radius 3 is 2.54 bits per heavy atom. The van der Waals surface area contributed by atoms with E-state index >= 15 is 0 Å². The van der Waals surface area contributed by atoms with Crippen molar-refractivity contribution in [3.05, 3.63) is 59.7 Å². The molecule has 1 aliphatic rings. The van der Waals surface area contributed by atoms with Gasteiger partial charge in [0.25, 0.3) is 5.91 Å². The maximum atomic E-state index is 13.1. The molecule has 2 aromatic carbocycles. The lowest BCUT2D eigenvalue weighted by Crippen LogP contribution is -2.35. The molecule has 0 aliphatic carbocycles. The number of carboxylic acid groups (broad SMARTS) is 1. The fraction of sp³-hybridized carbons (Fsp3) is 0.364. The Labute approximate surface area is 164 Å². The van der Waals surface area contributed by atoms with Gasteiger partial charge in [-0.3, -0.25) is 4.79 Å². The minimum absolute atomic E-state index is 0.0586. The fourth-order valence-corrected chi connectivity index (χ4v) is 3.71. The summed E-state index contributed by atoms with van der Waals surface area (Å²) >= 11 is 0. The predicted molar refractivity (Wildman–Crippen MR) is 105 cm³/mol. The van der Waals surface area contributed by atoms with Crippen LogP contribution in [-0.4, -0.2) is 47.7 Å². The van der Waals surface area contributed by atoms with Gasteiger partial charge in [-0.2, -0.15) is 0 Å². The average Bonchev–Trinajstić information content (AvgIpc) is 3.08. The van der Waals surface area contributed by atoms with Crippen LogP contribution in [0.3, 0.4) is 0 Å². The summed E-state index contributed by atoms with van der Waals surface area (Å²) < 4.78 is 10.8. The number of carboxylic acids is 1. The van der Waals surface area contributed by atoms with Crippen LogP contribution in [0.1, 0.15) is 42.1 Å². The predicted octanol–water partition coefficient (Wildman–Crippen LogP) is 3.57. The molecule has 1 amide bonds. The van der Waals surface area contributed by atoms with Crippen molar-refractivity contribution in [1.29, 1.82) is 0 Å². The number of rotatable bonds is 7. The third kappa shape index (κ3) is 4.27. The first-order valence-electron chi connectivity index (χ1n) is 9.48. The molecule has 0 radical (unpaired) electrons. The van der Waals surface area contributed by atoms with E-state index in [1.807, 2.05) is 30.0 Å². The van der Waals surface area contributed by atoms with Gasteiger partial charge in [0.05, 0.1) is 6.61 Å². The molecule has 1 saturated heterocycles. The molecule has 0 spiro atoms. The Morgan fingerprint density at radius 1 is 1.11 bits per heavy atom. The highest BCUT2D eigenvalue weighted by molar-refractivity contribution is 5.95. The van der Waals surface area contributed by atoms with E-state index in [4.69, 9.17) is 14.6 Å². The van der Waals surface area contributed by atoms with Crippen molar-refractivity contribution in [1.82, 2.24) is 4.90 Å². The van der Waals surface area contributed by atoms with Gasteiger partial charge in [0.1, 0.15) is 0 Å². The fourth-order valence-electron chi connectivity index (χ4n) is 3.71. The first kappa shape index (κ1) is 19.7. The number of benzene rings is 2. The second-order valence-electron chi connectivity index (χ2n) is 6.82. The number of ether oxygens (including phenoxy) is 2. The molecule has 148 valence electrons. The van der Waals surface area contributed by atoms with Crippen molar-refractivity contribution < 1.29 is 24.2 Å². The average molecular weight is 383 g/mol. The number of hydrogen-bond acceptors (Lipinski definition) is 4. The van der Waals surface area contributed by atoms with Gasteiger partial charge in [0.2, 0.25) is 0 Å². The summed E-state index contributed by atoms with van der Waals surface area (Å²) in [6.07, 6.45) is 0.926. The van der Waals surface area contributed by atoms with Crippen molar-refractivity contribution in [2.24, 2.45) is 0 Å². The van der Waals surface area contributed by atoms with E-state index in [9.17, 15) is 9.59 Å². The Hall–Kier alpha value is -3.02. The number of carbonyl (C=O) groups excluding carboxylic acids is 1. The Balaban J connectivity index is 1.78. The van der Waals surface area contributed by atoms with Crippen LogP contribution < -0.4 is 9.47 Å². The SMILES string of the molecule is CCOc1cc(C(=O)N2CCC(c3ccccc3)C2C)ccc1OCC(=O)O. The zero-order valence-electron chi connectivity index (χ0n) is 16.1. The molecular weight excluding hydrogens is 358 g/mol. The molecule has 0 saturated carbocycles. The Morgan fingerprint density at radius 2 is 1.86 bits per heavy atom. The molecule has 1 fully saturated rings. The van der Waals surface area contributed by atoms with Gasteiger partial charge in [0.15, 0.2) is 18.1 Å². The molecule has 2 atom stereocenters. The second-order valence-corrected chi connectivity index (χ2v) is 6.82. The van der Waals surface area contributed by atoms with E-state index in [0.29, 0.717) is 36.1 Å². The number of carbonyl (C=O) groups is 2. The Bertz CT molecular complexity index is 836. The van der Waals surface area contributed by atoms with E-state index in [0.717, 1.165) is 6.42 Å². The molecule has 2 unspecified atom stereocenters. The van der Waals surface area contributed by atoms with Crippen LogP contribution >= 0.6 is 0 Å². The van der Waals surface area contributed by atoms with Gasteiger partial charge in [-0.1, -0.05) is 30.3 Å². The summed E-state index contributed by atoms with van der Waals surface area (Å²) in [5, 5.41) is 8.80. The topological polar surface area (TPSA) is 76.1 Å². The largest absolute Gasteiger partial charge is 0.490 e. The first-order valence-corrected chi connectivity index (χ1v) is 9.48. The molecule has 28 heavy (non-hydrogen) atoms. The molecule has 0 aromatic heterocycles. The van der Waals surface area contributed by atoms with Gasteiger partial charge in [0, 0.05) is 24.1 Å². The van der Waals surface area contributed by atoms with E-state index in [1.54, 1.807) is 18.2 Å². The van der Waals surface area contributed by atoms with Gasteiger partial charge in [-0.25, -0.2) is 4.79 Å². The van der Waals surface area contributed by atoms with Crippen molar-refractivity contribution >= 4 is 11.9 Å². The van der Waals surface area contributed by atoms with Crippen molar-refractivity contribution in [2.75, 3.05) is 19.8 Å². The van der Waals surface area contributed by atoms with Crippen LogP contribution in [0.2, 0.25) is 0 Å². The van der Waals surface area contributed by atoms with Crippen molar-refractivity contribution in [3.8, 4) is 11.5 Å². The number of likely N-dealkylation sites (tertiary alicyclic amines) is 1. The van der Waals surface area contributed by atoms with Crippen LogP contribution in [0, 0.1) is 0 Å². The summed E-state index contributed by atoms with van der Waals surface area (Å²) in [5.74, 6) is -0.120. The highest BCUT2D eigenvalue weighted by atomic mass is 16.5. The summed E-state index contributed by atoms with van der Waals surface area (Å²) in [6, 6.07) is 15.2. The Kier molecular flexibility index (Phi) is 6.19. The number of nitrogens with zero attached hydrogens (tertiary/aromatic N) is 1. The van der Waals surface area contributed by atoms with Crippen LogP contribution in [0.15, 0.2) is 48.5 Å². The quantitative estimate of drug-likeness (QED) is 0.791. The molecule has 1 N–H and O–H groups in total. The minimum atomic E-state index is -1.07. The molecule has 0 bridgehead atoms. The molecule has 1 heterocycles. The summed E-state index contributed by atoms with van der Waals surface area (Å²) in [6.45, 7) is 4.52. The van der Waals surface area contributed by atoms with E-state index < -0.39 is 12.6 Å². The van der Waals surface area contributed by atoms with Gasteiger partial charge in [-0.05, 0) is 44.0 Å². The molecule has 1 aliphatic heterocycles. The van der Waals surface area contributed by atoms with Gasteiger partial charge >= 0.3 is 5.97 Å². The summed E-state index contributed by atoms with van der Waals surface area (Å²) in [7, 11) is 0. The zero-order valence-corrected chi connectivity index (χ0v) is 16.1. The highest BCUT2D eigenvalue weighted by Gasteiger charge is 2.35. The van der Waals surface area contributed by atoms with Crippen LogP contribution in [0.4, 0.5) is 0 Å². The van der Waals surface area contributed by atoms with Gasteiger partial charge in [-0.15, -0.1) is 0 Å². The molecule has 6 heteroatoms. The normalized spacial score (nSPS) is 18.7. The lowest BCUT2D eigenvalue weighted by atomic mass is 9.93. The first-order chi connectivity index (χ1) is 13.5. The maximum Gasteiger partial charge on any atom is 0.341 e. The lowest BCUT2D eigenvalue weighted by molar-refractivity contribution is -0.139. The number of amides is 1. The number of hydrogen-bond donors (Lipinski definition) is 1. The zero-order chi connectivity index (χ0) is 20.1. The van der Waals surface area contributed by atoms with E-state index in [2.05, 4.69) is 19.1 Å². The third-order valence-corrected chi connectivity index (χ3v) is 5.09. The number of aliphatic carboxylic acids is 1. The van der Waals surface area contributed by atoms with Gasteiger partial charge < -0.3 is 19.5 Å². The summed E-state index contributed by atoms with van der Waals surface area (Å²) in [4.78, 5) is 25.7. The van der Waals surface area contributed by atoms with Crippen molar-refractivity contribution in [2.45, 2.75) is 32.2 Å². The molecule has 2 aromatic rings. The standard InChI is InChI=1S/C22H25NO5/c1-3-27-20-13-17(9-10-19(20)28-14-21(24)25)22(26)23-12-11-18(15(23)2)16-7-5-4-6-8-16/h4-10,13,15,18H,3,11-12,14H2,1-2H3,(H,24,25). The highest BCUT2D eigenvalue weighted by Crippen LogP contribution is 2.35. The van der Waals surface area contributed by atoms with Crippen LogP contribution in [-0.2, 0) is 4.79 Å². The smallest absolute Gasteiger partial charge is 0.341 e. The van der Waals surface area contributed by atoms with Crippen LogP contribution in [0.5, 0.6) is 11.5 Å². The minimum Gasteiger partial charge on any atom is -0.490 e. The monoisotopic (exact) mass is 383 g/mol. The summed E-state index contributed by atoms with van der Waals surface area (Å²) in [5.41, 5.74) is 1.75. The third-order valence-electron chi connectivity index (χ3n) is 5.09. The molecular formula is C22H25NO5. The molecule has 6 nitrogen and oxygen atoms in total. The van der Waals surface area contributed by atoms with E-state index in [-0.39, 0.29) is 11.9 Å². The van der Waals surface area contributed by atoms with E-state index in [1.165, 1.54) is 5.56 Å². The lowest BCUT2D eigenvalue weighted by Gasteiger charge is -2.25. The maximum absolute atomic E-state index is 13.1. The van der Waals surface area contributed by atoms with Crippen LogP contribution in [0.25, 0.3) is 0 Å². The van der Waals surface area contributed by atoms with Crippen molar-refractivity contribution in [3.63, 3.8) is 0 Å². The second kappa shape index (κ2) is 8.78.